The van der Waals surface area contributed by atoms with Crippen molar-refractivity contribution in [1.29, 1.82) is 0 Å². The summed E-state index contributed by atoms with van der Waals surface area (Å²) in [6, 6.07) is 0. The van der Waals surface area contributed by atoms with Crippen LogP contribution in [0.5, 0.6) is 0 Å². The molecule has 0 radical (unpaired) electrons. The van der Waals surface area contributed by atoms with Crippen molar-refractivity contribution in [3.63, 3.8) is 0 Å². The van der Waals surface area contributed by atoms with Crippen molar-refractivity contribution in [2.75, 3.05) is 18.6 Å². The Morgan fingerprint density at radius 1 is 1.62 bits per heavy atom. The lowest BCUT2D eigenvalue weighted by Gasteiger charge is -2.05. The van der Waals surface area contributed by atoms with Crippen molar-refractivity contribution in [3.8, 4) is 0 Å². The van der Waals surface area contributed by atoms with Gasteiger partial charge in [-0.2, -0.15) is 0 Å². The zero-order chi connectivity index (χ0) is 8.97. The van der Waals surface area contributed by atoms with Crippen molar-refractivity contribution < 1.29 is 0 Å². The molecule has 3 nitrogen and oxygen atoms in total. The molecule has 0 saturated heterocycles. The number of nitrogens with zero attached hydrogens (tertiary/aromatic N) is 2. The van der Waals surface area contributed by atoms with Gasteiger partial charge in [0.2, 0.25) is 0 Å². The molecule has 0 aromatic carbocycles. The van der Waals surface area contributed by atoms with E-state index < -0.39 is 0 Å². The highest BCUT2D eigenvalue weighted by Crippen LogP contribution is 2.17. The first-order valence-corrected chi connectivity index (χ1v) is 5.21. The number of halogens is 2. The summed E-state index contributed by atoms with van der Waals surface area (Å²) in [5.41, 5.74) is 0.928. The number of thioether (sulfide) groups is 1. The number of rotatable bonds is 3. The predicted molar refractivity (Wildman–Crippen MR) is 60.2 cm³/mol. The highest BCUT2D eigenvalue weighted by molar-refractivity contribution is 7.98. The first-order valence-electron chi connectivity index (χ1n) is 3.45. The molecule has 0 saturated carbocycles. The van der Waals surface area contributed by atoms with Gasteiger partial charge in [-0.25, -0.2) is 9.97 Å². The zero-order valence-electron chi connectivity index (χ0n) is 7.37. The van der Waals surface area contributed by atoms with Gasteiger partial charge in [-0.3, -0.25) is 0 Å². The number of alkyl halides is 1. The van der Waals surface area contributed by atoms with E-state index >= 15 is 0 Å². The van der Waals surface area contributed by atoms with Gasteiger partial charge in [0.15, 0.2) is 5.16 Å². The predicted octanol–water partition coefficient (Wildman–Crippen LogP) is 2.40. The van der Waals surface area contributed by atoms with E-state index in [4.69, 9.17) is 11.6 Å². The van der Waals surface area contributed by atoms with Crippen molar-refractivity contribution in [1.82, 2.24) is 9.97 Å². The molecule has 1 aromatic rings. The molecule has 6 heteroatoms. The van der Waals surface area contributed by atoms with Gasteiger partial charge in [0.05, 0.1) is 5.88 Å². The van der Waals surface area contributed by atoms with E-state index in [2.05, 4.69) is 15.3 Å². The van der Waals surface area contributed by atoms with Gasteiger partial charge in [0.25, 0.3) is 0 Å². The summed E-state index contributed by atoms with van der Waals surface area (Å²) >= 11 is 7.19. The molecular formula is C7H11Cl2N3S. The van der Waals surface area contributed by atoms with Crippen LogP contribution in [0, 0.1) is 0 Å². The van der Waals surface area contributed by atoms with Crippen molar-refractivity contribution in [3.05, 3.63) is 11.8 Å². The quantitative estimate of drug-likeness (QED) is 0.500. The number of hydrogen-bond donors (Lipinski definition) is 1. The lowest BCUT2D eigenvalue weighted by molar-refractivity contribution is 0.952. The van der Waals surface area contributed by atoms with E-state index in [1.165, 1.54) is 11.8 Å². The van der Waals surface area contributed by atoms with Gasteiger partial charge in [-0.15, -0.1) is 24.0 Å². The molecule has 0 amide bonds. The van der Waals surface area contributed by atoms with Crippen LogP contribution in [0.4, 0.5) is 5.82 Å². The standard InChI is InChI=1S/C7H10ClN3S.ClH/c1-9-6-5(3-8)4-10-7(11-6)12-2;/h4H,3H2,1-2H3,(H,9,10,11);1H. The normalized spacial score (nSPS) is 9.15. The summed E-state index contributed by atoms with van der Waals surface area (Å²) in [4.78, 5) is 8.34. The molecule has 1 N–H and O–H groups in total. The highest BCUT2D eigenvalue weighted by atomic mass is 35.5. The van der Waals surface area contributed by atoms with Crippen LogP contribution >= 0.6 is 35.8 Å². The van der Waals surface area contributed by atoms with Gasteiger partial charge in [0, 0.05) is 18.8 Å². The Kier molecular flexibility index (Phi) is 6.20. The second kappa shape index (κ2) is 6.29. The van der Waals surface area contributed by atoms with Gasteiger partial charge >= 0.3 is 0 Å². The highest BCUT2D eigenvalue weighted by Gasteiger charge is 2.03. The molecule has 0 spiro atoms. The molecule has 0 aliphatic heterocycles. The summed E-state index contributed by atoms with van der Waals surface area (Å²) < 4.78 is 0. The molecule has 0 atom stereocenters. The lowest BCUT2D eigenvalue weighted by Crippen LogP contribution is -1.99. The van der Waals surface area contributed by atoms with E-state index in [9.17, 15) is 0 Å². The van der Waals surface area contributed by atoms with E-state index in [0.29, 0.717) is 5.88 Å². The maximum absolute atomic E-state index is 5.68. The topological polar surface area (TPSA) is 37.8 Å². The Morgan fingerprint density at radius 3 is 2.77 bits per heavy atom. The number of aromatic nitrogens is 2. The van der Waals surface area contributed by atoms with Gasteiger partial charge in [0.1, 0.15) is 5.82 Å². The maximum atomic E-state index is 5.68. The smallest absolute Gasteiger partial charge is 0.189 e. The average Bonchev–Trinajstić information content (AvgIpc) is 2.16. The van der Waals surface area contributed by atoms with E-state index in [-0.39, 0.29) is 12.4 Å². The molecule has 0 aliphatic rings. The third kappa shape index (κ3) is 3.21. The molecule has 1 heterocycles. The van der Waals surface area contributed by atoms with E-state index in [1.54, 1.807) is 6.20 Å². The molecule has 1 aromatic heterocycles. The Balaban J connectivity index is 0.00000144. The summed E-state index contributed by atoms with van der Waals surface area (Å²) in [6.45, 7) is 0. The minimum Gasteiger partial charge on any atom is -0.373 e. The fourth-order valence-electron chi connectivity index (χ4n) is 0.803. The van der Waals surface area contributed by atoms with Crippen LogP contribution < -0.4 is 5.32 Å². The minimum atomic E-state index is 0. The maximum Gasteiger partial charge on any atom is 0.189 e. The molecular weight excluding hydrogens is 229 g/mol. The second-order valence-electron chi connectivity index (χ2n) is 2.11. The Morgan fingerprint density at radius 2 is 2.31 bits per heavy atom. The summed E-state index contributed by atoms with van der Waals surface area (Å²) in [6.07, 6.45) is 3.69. The zero-order valence-corrected chi connectivity index (χ0v) is 9.76. The summed E-state index contributed by atoms with van der Waals surface area (Å²) in [5.74, 6) is 1.24. The van der Waals surface area contributed by atoms with Gasteiger partial charge < -0.3 is 5.32 Å². The largest absolute Gasteiger partial charge is 0.373 e. The number of hydrogen-bond acceptors (Lipinski definition) is 4. The molecule has 0 fully saturated rings. The number of nitrogens with one attached hydrogen (secondary N) is 1. The Hall–Kier alpha value is -0.190. The first-order chi connectivity index (χ1) is 5.81. The van der Waals surface area contributed by atoms with Crippen molar-refractivity contribution in [2.45, 2.75) is 11.0 Å². The molecule has 13 heavy (non-hydrogen) atoms. The van der Waals surface area contributed by atoms with Crippen LogP contribution in [0.15, 0.2) is 11.4 Å². The van der Waals surface area contributed by atoms with E-state index in [1.807, 2.05) is 13.3 Å². The molecule has 0 aliphatic carbocycles. The first kappa shape index (κ1) is 12.8. The van der Waals surface area contributed by atoms with Crippen LogP contribution in [-0.2, 0) is 5.88 Å². The van der Waals surface area contributed by atoms with Crippen LogP contribution in [-0.4, -0.2) is 23.3 Å². The molecule has 1 rings (SSSR count). The van der Waals surface area contributed by atoms with Gasteiger partial charge in [-0.1, -0.05) is 11.8 Å². The Labute approximate surface area is 93.1 Å². The van der Waals surface area contributed by atoms with Crippen molar-refractivity contribution >= 4 is 41.6 Å². The number of anilines is 1. The average molecular weight is 240 g/mol. The lowest BCUT2D eigenvalue weighted by atomic mass is 10.3. The second-order valence-corrected chi connectivity index (χ2v) is 3.15. The monoisotopic (exact) mass is 239 g/mol. The van der Waals surface area contributed by atoms with Crippen LogP contribution in [0.1, 0.15) is 5.56 Å². The fourth-order valence-corrected chi connectivity index (χ4v) is 1.34. The summed E-state index contributed by atoms with van der Waals surface area (Å²) in [7, 11) is 1.82. The third-order valence-corrected chi connectivity index (χ3v) is 2.26. The SMILES string of the molecule is CNc1nc(SC)ncc1CCl.Cl. The van der Waals surface area contributed by atoms with Crippen molar-refractivity contribution in [2.24, 2.45) is 0 Å². The van der Waals surface area contributed by atoms with Crippen LogP contribution in [0.3, 0.4) is 0 Å². The third-order valence-electron chi connectivity index (χ3n) is 1.41. The van der Waals surface area contributed by atoms with E-state index in [0.717, 1.165) is 16.5 Å². The molecule has 0 unspecified atom stereocenters. The van der Waals surface area contributed by atoms with Crippen LogP contribution in [0.2, 0.25) is 0 Å². The fraction of sp³-hybridized carbons (Fsp3) is 0.429. The Bertz CT molecular complexity index is 270. The summed E-state index contributed by atoms with van der Waals surface area (Å²) in [5, 5.41) is 3.73. The van der Waals surface area contributed by atoms with Crippen LogP contribution in [0.25, 0.3) is 0 Å². The minimum absolute atomic E-state index is 0. The molecule has 74 valence electrons. The molecule has 0 bridgehead atoms. The van der Waals surface area contributed by atoms with Gasteiger partial charge in [-0.05, 0) is 6.26 Å².